The second kappa shape index (κ2) is 6.83. The SMILES string of the molecule is O[C@H]1[C@@H](NCc2ccncc2)[C@@H]2CO[C@H](O2)[C@@H]1N1CCCCC1. The Morgan fingerprint density at radius 1 is 1.22 bits per heavy atom. The number of piperidine rings is 1. The van der Waals surface area contributed by atoms with E-state index in [9.17, 15) is 5.11 Å². The van der Waals surface area contributed by atoms with Crippen LogP contribution in [-0.2, 0) is 16.0 Å². The fraction of sp³-hybridized carbons (Fsp3) is 0.706. The number of nitrogens with zero attached hydrogens (tertiary/aromatic N) is 2. The maximum Gasteiger partial charge on any atom is 0.176 e. The molecule has 6 heteroatoms. The van der Waals surface area contributed by atoms with Crippen molar-refractivity contribution in [3.8, 4) is 0 Å². The molecule has 3 aliphatic rings. The summed E-state index contributed by atoms with van der Waals surface area (Å²) in [7, 11) is 0. The summed E-state index contributed by atoms with van der Waals surface area (Å²) in [6.45, 7) is 3.29. The number of likely N-dealkylation sites (tertiary alicyclic amines) is 1. The number of nitrogens with one attached hydrogen (secondary N) is 1. The van der Waals surface area contributed by atoms with Crippen LogP contribution in [0.25, 0.3) is 0 Å². The van der Waals surface area contributed by atoms with Gasteiger partial charge in [-0.25, -0.2) is 0 Å². The van der Waals surface area contributed by atoms with Crippen LogP contribution in [0, 0.1) is 0 Å². The third kappa shape index (κ3) is 3.14. The standard InChI is InChI=1S/C17H25N3O3/c21-16-14(19-10-12-4-6-18-7-5-12)13-11-22-17(23-13)15(16)20-8-2-1-3-9-20/h4-7,13-17,19,21H,1-3,8-11H2/t13-,14-,15+,16-,17+/m0/s1. The molecule has 0 unspecified atom stereocenters. The molecule has 0 aliphatic carbocycles. The van der Waals surface area contributed by atoms with E-state index in [4.69, 9.17) is 9.47 Å². The summed E-state index contributed by atoms with van der Waals surface area (Å²) >= 11 is 0. The lowest BCUT2D eigenvalue weighted by molar-refractivity contribution is -0.184. The van der Waals surface area contributed by atoms with Crippen LogP contribution in [0.3, 0.4) is 0 Å². The van der Waals surface area contributed by atoms with Crippen molar-refractivity contribution >= 4 is 0 Å². The van der Waals surface area contributed by atoms with Crippen LogP contribution in [0.5, 0.6) is 0 Å². The summed E-state index contributed by atoms with van der Waals surface area (Å²) in [6.07, 6.45) is 6.40. The quantitative estimate of drug-likeness (QED) is 0.843. The molecule has 0 spiro atoms. The molecule has 1 aromatic heterocycles. The van der Waals surface area contributed by atoms with Crippen LogP contribution in [0.2, 0.25) is 0 Å². The highest BCUT2D eigenvalue weighted by Crippen LogP contribution is 2.32. The smallest absolute Gasteiger partial charge is 0.176 e. The largest absolute Gasteiger partial charge is 0.390 e. The summed E-state index contributed by atoms with van der Waals surface area (Å²) in [6, 6.07) is 3.80. The Kier molecular flexibility index (Phi) is 4.59. The maximum absolute atomic E-state index is 11.0. The van der Waals surface area contributed by atoms with Gasteiger partial charge in [-0.1, -0.05) is 6.42 Å². The van der Waals surface area contributed by atoms with E-state index in [0.717, 1.165) is 18.7 Å². The monoisotopic (exact) mass is 319 g/mol. The molecule has 126 valence electrons. The molecule has 2 N–H and O–H groups in total. The highest BCUT2D eigenvalue weighted by Gasteiger charge is 2.51. The summed E-state index contributed by atoms with van der Waals surface area (Å²) in [5, 5.41) is 14.4. The van der Waals surface area contributed by atoms with Gasteiger partial charge in [-0.15, -0.1) is 0 Å². The first-order valence-electron chi connectivity index (χ1n) is 8.64. The third-order valence-electron chi connectivity index (χ3n) is 5.23. The number of fused-ring (bicyclic) bond motifs is 2. The minimum Gasteiger partial charge on any atom is -0.390 e. The average molecular weight is 319 g/mol. The number of rotatable bonds is 4. The Morgan fingerprint density at radius 2 is 2.00 bits per heavy atom. The predicted octanol–water partition coefficient (Wildman–Crippen LogP) is 0.510. The molecule has 3 aliphatic heterocycles. The van der Waals surface area contributed by atoms with Crippen LogP contribution in [0.15, 0.2) is 24.5 Å². The zero-order valence-corrected chi connectivity index (χ0v) is 13.3. The lowest BCUT2D eigenvalue weighted by Crippen LogP contribution is -2.64. The Hall–Kier alpha value is -1.05. The van der Waals surface area contributed by atoms with Crippen molar-refractivity contribution in [3.63, 3.8) is 0 Å². The van der Waals surface area contributed by atoms with Gasteiger partial charge in [-0.3, -0.25) is 9.88 Å². The van der Waals surface area contributed by atoms with Crippen LogP contribution in [0.4, 0.5) is 0 Å². The summed E-state index contributed by atoms with van der Waals surface area (Å²) < 4.78 is 11.9. The fourth-order valence-electron chi connectivity index (χ4n) is 3.99. The van der Waals surface area contributed by atoms with E-state index in [0.29, 0.717) is 13.2 Å². The Balaban J connectivity index is 1.45. The van der Waals surface area contributed by atoms with Crippen molar-refractivity contribution in [2.45, 2.75) is 56.4 Å². The second-order valence-electron chi connectivity index (χ2n) is 6.72. The zero-order valence-electron chi connectivity index (χ0n) is 13.3. The first-order chi connectivity index (χ1) is 11.3. The fourth-order valence-corrected chi connectivity index (χ4v) is 3.99. The normalized spacial score (nSPS) is 37.9. The third-order valence-corrected chi connectivity index (χ3v) is 5.23. The molecular weight excluding hydrogens is 294 g/mol. The number of aromatic nitrogens is 1. The zero-order chi connectivity index (χ0) is 15.6. The van der Waals surface area contributed by atoms with Crippen molar-refractivity contribution in [2.24, 2.45) is 0 Å². The van der Waals surface area contributed by atoms with E-state index in [1.54, 1.807) is 12.4 Å². The van der Waals surface area contributed by atoms with Gasteiger partial charge in [-0.05, 0) is 43.6 Å². The molecule has 3 saturated heterocycles. The van der Waals surface area contributed by atoms with Gasteiger partial charge in [0.25, 0.3) is 0 Å². The van der Waals surface area contributed by atoms with Gasteiger partial charge < -0.3 is 19.9 Å². The van der Waals surface area contributed by atoms with E-state index in [-0.39, 0.29) is 24.5 Å². The highest BCUT2D eigenvalue weighted by molar-refractivity contribution is 5.10. The Bertz CT molecular complexity index is 509. The van der Waals surface area contributed by atoms with E-state index >= 15 is 0 Å². The van der Waals surface area contributed by atoms with Gasteiger partial charge in [0.1, 0.15) is 6.10 Å². The molecule has 0 saturated carbocycles. The minimum absolute atomic E-state index is 0.0657. The molecule has 23 heavy (non-hydrogen) atoms. The van der Waals surface area contributed by atoms with Gasteiger partial charge in [0.2, 0.25) is 0 Å². The highest BCUT2D eigenvalue weighted by atomic mass is 16.7. The molecule has 3 fully saturated rings. The Morgan fingerprint density at radius 3 is 2.78 bits per heavy atom. The van der Waals surface area contributed by atoms with E-state index in [2.05, 4.69) is 15.2 Å². The second-order valence-corrected chi connectivity index (χ2v) is 6.72. The van der Waals surface area contributed by atoms with Crippen molar-refractivity contribution < 1.29 is 14.6 Å². The van der Waals surface area contributed by atoms with Crippen LogP contribution in [-0.4, -0.2) is 65.3 Å². The number of ether oxygens (including phenoxy) is 2. The molecule has 0 amide bonds. The van der Waals surface area contributed by atoms with Crippen LogP contribution in [0.1, 0.15) is 24.8 Å². The van der Waals surface area contributed by atoms with Crippen molar-refractivity contribution in [2.75, 3.05) is 19.7 Å². The van der Waals surface area contributed by atoms with Gasteiger partial charge in [0.05, 0.1) is 24.8 Å². The van der Waals surface area contributed by atoms with Crippen LogP contribution < -0.4 is 5.32 Å². The topological polar surface area (TPSA) is 66.8 Å². The molecule has 0 aromatic carbocycles. The molecule has 1 aromatic rings. The lowest BCUT2D eigenvalue weighted by Gasteiger charge is -2.45. The lowest BCUT2D eigenvalue weighted by atomic mass is 9.93. The number of aliphatic hydroxyl groups is 1. The first kappa shape index (κ1) is 15.5. The molecule has 5 atom stereocenters. The molecule has 2 bridgehead atoms. The summed E-state index contributed by atoms with van der Waals surface area (Å²) in [5.74, 6) is 0. The number of hydrogen-bond donors (Lipinski definition) is 2. The predicted molar refractivity (Wildman–Crippen MR) is 84.7 cm³/mol. The van der Waals surface area contributed by atoms with Gasteiger partial charge in [0, 0.05) is 18.9 Å². The van der Waals surface area contributed by atoms with Gasteiger partial charge in [0.15, 0.2) is 6.29 Å². The molecule has 6 nitrogen and oxygen atoms in total. The average Bonchev–Trinajstić information content (AvgIpc) is 3.02. The molecule has 4 rings (SSSR count). The van der Waals surface area contributed by atoms with Gasteiger partial charge >= 0.3 is 0 Å². The minimum atomic E-state index is -0.471. The summed E-state index contributed by atoms with van der Waals surface area (Å²) in [5.41, 5.74) is 1.16. The van der Waals surface area contributed by atoms with E-state index in [1.807, 2.05) is 12.1 Å². The maximum atomic E-state index is 11.0. The summed E-state index contributed by atoms with van der Waals surface area (Å²) in [4.78, 5) is 6.39. The number of pyridine rings is 1. The van der Waals surface area contributed by atoms with Gasteiger partial charge in [-0.2, -0.15) is 0 Å². The molecular formula is C17H25N3O3. The number of hydrogen-bond acceptors (Lipinski definition) is 6. The van der Waals surface area contributed by atoms with E-state index < -0.39 is 6.10 Å². The molecule has 4 heterocycles. The van der Waals surface area contributed by atoms with Crippen molar-refractivity contribution in [1.82, 2.24) is 15.2 Å². The van der Waals surface area contributed by atoms with Crippen molar-refractivity contribution in [3.05, 3.63) is 30.1 Å². The molecule has 0 radical (unpaired) electrons. The van der Waals surface area contributed by atoms with E-state index in [1.165, 1.54) is 19.3 Å². The van der Waals surface area contributed by atoms with Crippen LogP contribution >= 0.6 is 0 Å². The number of aliphatic hydroxyl groups excluding tert-OH is 1. The first-order valence-corrected chi connectivity index (χ1v) is 8.64. The Labute approximate surface area is 136 Å². The van der Waals surface area contributed by atoms with Crippen molar-refractivity contribution in [1.29, 1.82) is 0 Å².